The molecule has 0 nitrogen and oxygen atoms in total. The van der Waals surface area contributed by atoms with E-state index in [1.165, 1.54) is 0 Å². The summed E-state index contributed by atoms with van der Waals surface area (Å²) in [5.41, 5.74) is 0. The van der Waals surface area contributed by atoms with Gasteiger partial charge < -0.3 is 0 Å². The minimum absolute atomic E-state index is 0.0238. The van der Waals surface area contributed by atoms with Gasteiger partial charge in [-0.05, 0) is 18.3 Å². The lowest BCUT2D eigenvalue weighted by molar-refractivity contribution is 0.285. The average Bonchev–Trinajstić information content (AvgIpc) is 1.87. The van der Waals surface area contributed by atoms with E-state index in [0.29, 0.717) is 6.42 Å². The molecule has 0 aromatic heterocycles. The van der Waals surface area contributed by atoms with Crippen molar-refractivity contribution in [1.82, 2.24) is 0 Å². The molecular weight excluding hydrogens is 122 g/mol. The van der Waals surface area contributed by atoms with E-state index < -0.39 is 0 Å². The quantitative estimate of drug-likeness (QED) is 0.557. The van der Waals surface area contributed by atoms with Crippen LogP contribution in [0.5, 0.6) is 0 Å². The van der Waals surface area contributed by atoms with E-state index >= 15 is 0 Å². The van der Waals surface area contributed by atoms with Crippen LogP contribution in [0.15, 0.2) is 0 Å². The highest BCUT2D eigenvalue weighted by molar-refractivity contribution is 4.56. The molecule has 0 aromatic carbocycles. The summed E-state index contributed by atoms with van der Waals surface area (Å²) in [7, 11) is 0. The first-order valence-electron chi connectivity index (χ1n) is 3.32. The smallest absolute Gasteiger partial charge is 0.0920 e. The third kappa shape index (κ3) is 4.37. The Hall–Kier alpha value is -0.140. The minimum atomic E-state index is -0.329. The Morgan fingerprint density at radius 2 is 1.33 bits per heavy atom. The van der Waals surface area contributed by atoms with Gasteiger partial charge in [-0.15, -0.1) is 0 Å². The molecule has 0 aliphatic heterocycles. The zero-order valence-electron chi connectivity index (χ0n) is 6.03. The highest BCUT2D eigenvalue weighted by Gasteiger charge is 2.06. The lowest BCUT2D eigenvalue weighted by Gasteiger charge is -2.09. The lowest BCUT2D eigenvalue weighted by Crippen LogP contribution is -2.05. The fourth-order valence-electron chi connectivity index (χ4n) is 0.813. The largest absolute Gasteiger partial charge is 0.251 e. The monoisotopic (exact) mass is 136 g/mol. The maximum atomic E-state index is 11.8. The summed E-state index contributed by atoms with van der Waals surface area (Å²) in [6, 6.07) is 0. The maximum Gasteiger partial charge on any atom is 0.0920 e. The van der Waals surface area contributed by atoms with Crippen LogP contribution < -0.4 is 0 Å². The number of hydrogen-bond acceptors (Lipinski definition) is 0. The van der Waals surface area contributed by atoms with Gasteiger partial charge in [0.2, 0.25) is 0 Å². The molecule has 2 unspecified atom stereocenters. The highest BCUT2D eigenvalue weighted by atomic mass is 19.1. The Labute approximate surface area is 55.3 Å². The zero-order valence-corrected chi connectivity index (χ0v) is 6.03. The Bertz CT molecular complexity index is 55.9. The van der Waals surface area contributed by atoms with Gasteiger partial charge in [0.15, 0.2) is 0 Å². The average molecular weight is 136 g/mol. The summed E-state index contributed by atoms with van der Waals surface area (Å²) in [6.07, 6.45) is 0.660. The molecule has 0 saturated heterocycles. The molecule has 0 spiro atoms. The van der Waals surface area contributed by atoms with Gasteiger partial charge in [-0.2, -0.15) is 0 Å². The van der Waals surface area contributed by atoms with Crippen LogP contribution >= 0.6 is 0 Å². The van der Waals surface area contributed by atoms with Gasteiger partial charge in [-0.1, -0.05) is 13.8 Å². The zero-order chi connectivity index (χ0) is 7.28. The van der Waals surface area contributed by atoms with E-state index in [9.17, 15) is 8.78 Å². The predicted molar refractivity (Wildman–Crippen MR) is 34.9 cm³/mol. The molecule has 0 fully saturated rings. The third-order valence-corrected chi connectivity index (χ3v) is 1.33. The van der Waals surface area contributed by atoms with Crippen molar-refractivity contribution in [3.05, 3.63) is 0 Å². The summed E-state index contributed by atoms with van der Waals surface area (Å²) >= 11 is 0. The van der Waals surface area contributed by atoms with E-state index in [0.717, 1.165) is 0 Å². The van der Waals surface area contributed by atoms with Gasteiger partial charge in [0, 0.05) is 0 Å². The maximum absolute atomic E-state index is 11.8. The van der Waals surface area contributed by atoms with Crippen LogP contribution in [0.25, 0.3) is 0 Å². The lowest BCUT2D eigenvalue weighted by atomic mass is 10.00. The number of hydrogen-bond donors (Lipinski definition) is 0. The molecule has 0 aliphatic carbocycles. The first kappa shape index (κ1) is 8.86. The van der Waals surface area contributed by atoms with Crippen LogP contribution in [-0.2, 0) is 0 Å². The topological polar surface area (TPSA) is 0 Å². The van der Waals surface area contributed by atoms with Crippen molar-refractivity contribution in [1.29, 1.82) is 0 Å². The molecule has 2 heteroatoms. The minimum Gasteiger partial charge on any atom is -0.251 e. The fourth-order valence-corrected chi connectivity index (χ4v) is 0.813. The highest BCUT2D eigenvalue weighted by Crippen LogP contribution is 2.11. The van der Waals surface area contributed by atoms with E-state index in [2.05, 4.69) is 0 Å². The Balaban J connectivity index is 3.22. The Morgan fingerprint density at radius 3 is 1.56 bits per heavy atom. The summed E-state index contributed by atoms with van der Waals surface area (Å²) in [4.78, 5) is 0. The van der Waals surface area contributed by atoms with Crippen molar-refractivity contribution in [2.24, 2.45) is 11.8 Å². The fraction of sp³-hybridized carbons (Fsp3) is 1.00. The van der Waals surface area contributed by atoms with Gasteiger partial charge in [-0.3, -0.25) is 8.78 Å². The molecule has 0 radical (unpaired) electrons. The van der Waals surface area contributed by atoms with Crippen molar-refractivity contribution in [2.75, 3.05) is 13.3 Å². The van der Waals surface area contributed by atoms with Gasteiger partial charge in [0.1, 0.15) is 0 Å². The first-order valence-corrected chi connectivity index (χ1v) is 3.32. The molecule has 0 aliphatic rings. The van der Waals surface area contributed by atoms with Crippen LogP contribution in [0.3, 0.4) is 0 Å². The SMILES string of the molecule is CC(CF)CC(C)CF. The number of rotatable bonds is 4. The Morgan fingerprint density at radius 1 is 1.00 bits per heavy atom. The third-order valence-electron chi connectivity index (χ3n) is 1.33. The van der Waals surface area contributed by atoms with Crippen molar-refractivity contribution < 1.29 is 8.78 Å². The van der Waals surface area contributed by atoms with Crippen molar-refractivity contribution in [3.63, 3.8) is 0 Å². The first-order chi connectivity index (χ1) is 4.20. The molecule has 0 aromatic rings. The van der Waals surface area contributed by atoms with Gasteiger partial charge >= 0.3 is 0 Å². The van der Waals surface area contributed by atoms with Gasteiger partial charge in [0.05, 0.1) is 13.3 Å². The normalized spacial score (nSPS) is 17.3. The van der Waals surface area contributed by atoms with E-state index in [1.54, 1.807) is 13.8 Å². The van der Waals surface area contributed by atoms with Crippen LogP contribution in [0.1, 0.15) is 20.3 Å². The number of halogens is 2. The summed E-state index contributed by atoms with van der Waals surface area (Å²) in [5, 5.41) is 0. The molecule has 0 rings (SSSR count). The summed E-state index contributed by atoms with van der Waals surface area (Å²) < 4.78 is 23.5. The molecule has 0 N–H and O–H groups in total. The molecule has 0 heterocycles. The van der Waals surface area contributed by atoms with E-state index in [-0.39, 0.29) is 25.2 Å². The Kier molecular flexibility index (Phi) is 4.64. The van der Waals surface area contributed by atoms with Gasteiger partial charge in [0.25, 0.3) is 0 Å². The van der Waals surface area contributed by atoms with Crippen LogP contribution in [0.4, 0.5) is 8.78 Å². The standard InChI is InChI=1S/C7H14F2/c1-6(4-8)3-7(2)5-9/h6-7H,3-5H2,1-2H3. The van der Waals surface area contributed by atoms with Crippen molar-refractivity contribution >= 4 is 0 Å². The molecule has 9 heavy (non-hydrogen) atoms. The molecule has 56 valence electrons. The van der Waals surface area contributed by atoms with Crippen LogP contribution in [-0.4, -0.2) is 13.3 Å². The molecular formula is C7H14F2. The van der Waals surface area contributed by atoms with E-state index in [4.69, 9.17) is 0 Å². The predicted octanol–water partition coefficient (Wildman–Crippen LogP) is 2.59. The second kappa shape index (κ2) is 4.71. The second-order valence-corrected chi connectivity index (χ2v) is 2.75. The van der Waals surface area contributed by atoms with Crippen molar-refractivity contribution in [3.8, 4) is 0 Å². The van der Waals surface area contributed by atoms with Crippen LogP contribution in [0.2, 0.25) is 0 Å². The molecule has 0 amide bonds. The summed E-state index contributed by atoms with van der Waals surface area (Å²) in [6.45, 7) is 2.94. The van der Waals surface area contributed by atoms with Crippen molar-refractivity contribution in [2.45, 2.75) is 20.3 Å². The van der Waals surface area contributed by atoms with E-state index in [1.807, 2.05) is 0 Å². The molecule has 0 saturated carbocycles. The molecule has 2 atom stereocenters. The number of alkyl halides is 2. The van der Waals surface area contributed by atoms with Gasteiger partial charge in [-0.25, -0.2) is 0 Å². The second-order valence-electron chi connectivity index (χ2n) is 2.75. The molecule has 0 bridgehead atoms. The van der Waals surface area contributed by atoms with Crippen LogP contribution in [0, 0.1) is 11.8 Å². The summed E-state index contributed by atoms with van der Waals surface area (Å²) in [5.74, 6) is 0.0477.